The van der Waals surface area contributed by atoms with E-state index in [1.807, 2.05) is 0 Å². The molecule has 0 bridgehead atoms. The Balaban J connectivity index is 2.35. The minimum Gasteiger partial charge on any atom is -0.358 e. The lowest BCUT2D eigenvalue weighted by atomic mass is 10.8. The molecule has 0 spiro atoms. The van der Waals surface area contributed by atoms with Crippen LogP contribution in [0.4, 0.5) is 5.82 Å². The maximum atomic E-state index is 10.3. The quantitative estimate of drug-likeness (QED) is 0.468. The maximum absolute atomic E-state index is 10.3. The van der Waals surface area contributed by atoms with E-state index in [9.17, 15) is 20.2 Å². The monoisotopic (exact) mass is 226 g/mol. The van der Waals surface area contributed by atoms with Crippen LogP contribution in [-0.4, -0.2) is 39.8 Å². The normalized spacial score (nSPS) is 10.2. The molecular weight excluding hydrogens is 224 g/mol. The van der Waals surface area contributed by atoms with Crippen molar-refractivity contribution in [3.63, 3.8) is 0 Å². The molecule has 2 rings (SSSR count). The maximum Gasteiger partial charge on any atom is 0.429 e. The van der Waals surface area contributed by atoms with Crippen molar-refractivity contribution in [2.75, 3.05) is 0 Å². The van der Waals surface area contributed by atoms with Gasteiger partial charge in [-0.3, -0.25) is 0 Å². The molecule has 0 aliphatic heterocycles. The lowest BCUT2D eigenvalue weighted by Crippen LogP contribution is -2.10. The molecule has 12 nitrogen and oxygen atoms in total. The van der Waals surface area contributed by atoms with Crippen LogP contribution < -0.4 is 0 Å². The van der Waals surface area contributed by atoms with Crippen molar-refractivity contribution < 1.29 is 9.96 Å². The molecule has 0 aliphatic carbocycles. The average Bonchev–Trinajstić information content (AvgIpc) is 2.86. The topological polar surface area (TPSA) is 148 Å². The highest BCUT2D eigenvalue weighted by Crippen LogP contribution is 2.04. The summed E-state index contributed by atoms with van der Waals surface area (Å²) in [6.45, 7) is 0. The lowest BCUT2D eigenvalue weighted by molar-refractivity contribution is -0.553. The minimum atomic E-state index is -0.825. The van der Waals surface area contributed by atoms with E-state index >= 15 is 0 Å². The van der Waals surface area contributed by atoms with E-state index in [2.05, 4.69) is 20.3 Å². The SMILES string of the molecule is O=[N+]([O-])c1cnn(-c2ncn([N+](=O)[O-])n2)n1. The van der Waals surface area contributed by atoms with E-state index in [-0.39, 0.29) is 5.95 Å². The summed E-state index contributed by atoms with van der Waals surface area (Å²) in [4.78, 5) is 24.4. The molecule has 0 aliphatic rings. The molecule has 2 aromatic heterocycles. The highest BCUT2D eigenvalue weighted by molar-refractivity contribution is 5.12. The fourth-order valence-electron chi connectivity index (χ4n) is 0.852. The Bertz CT molecular complexity index is 506. The van der Waals surface area contributed by atoms with Gasteiger partial charge in [-0.25, -0.2) is 0 Å². The summed E-state index contributed by atoms with van der Waals surface area (Å²) < 4.78 is 0. The van der Waals surface area contributed by atoms with Gasteiger partial charge in [0.1, 0.15) is 5.10 Å². The van der Waals surface area contributed by atoms with Crippen LogP contribution in [-0.2, 0) is 0 Å². The second-order valence-corrected chi connectivity index (χ2v) is 2.45. The molecule has 2 aromatic rings. The summed E-state index contributed by atoms with van der Waals surface area (Å²) >= 11 is 0. The van der Waals surface area contributed by atoms with Crippen LogP contribution >= 0.6 is 0 Å². The van der Waals surface area contributed by atoms with Crippen LogP contribution in [0.5, 0.6) is 0 Å². The standard InChI is InChI=1S/C4H2N8O4/c13-11(14)3-1-6-10(7-3)4-5-2-9(8-4)12(15)16/h1-2H. The Morgan fingerprint density at radius 3 is 2.50 bits per heavy atom. The molecule has 0 saturated heterocycles. The van der Waals surface area contributed by atoms with Crippen molar-refractivity contribution in [2.24, 2.45) is 0 Å². The number of aromatic nitrogens is 6. The predicted octanol–water partition coefficient (Wildman–Crippen LogP) is -1.19. The first kappa shape index (κ1) is 9.63. The smallest absolute Gasteiger partial charge is 0.358 e. The van der Waals surface area contributed by atoms with Crippen molar-refractivity contribution >= 4 is 5.82 Å². The van der Waals surface area contributed by atoms with Gasteiger partial charge in [-0.2, -0.15) is 4.98 Å². The fraction of sp³-hybridized carbons (Fsp3) is 0. The summed E-state index contributed by atoms with van der Waals surface area (Å²) in [5, 5.41) is 30.0. The number of rotatable bonds is 3. The third-order valence-electron chi connectivity index (χ3n) is 1.48. The zero-order valence-corrected chi connectivity index (χ0v) is 7.37. The van der Waals surface area contributed by atoms with Crippen LogP contribution in [0.15, 0.2) is 12.5 Å². The zero-order chi connectivity index (χ0) is 11.7. The van der Waals surface area contributed by atoms with Gasteiger partial charge in [-0.15, -0.1) is 5.10 Å². The number of nitrogens with zero attached hydrogens (tertiary/aromatic N) is 8. The number of hydrogen-bond donors (Lipinski definition) is 0. The van der Waals surface area contributed by atoms with E-state index in [1.54, 1.807) is 0 Å². The van der Waals surface area contributed by atoms with Crippen molar-refractivity contribution in [1.82, 2.24) is 29.9 Å². The molecule has 0 N–H and O–H groups in total. The first-order valence-corrected chi connectivity index (χ1v) is 3.71. The third kappa shape index (κ3) is 1.54. The second kappa shape index (κ2) is 3.34. The minimum absolute atomic E-state index is 0.232. The molecule has 0 saturated carbocycles. The van der Waals surface area contributed by atoms with Gasteiger partial charge in [-0.05, 0) is 4.92 Å². The van der Waals surface area contributed by atoms with Crippen LogP contribution in [0.2, 0.25) is 0 Å². The Morgan fingerprint density at radius 1 is 1.25 bits per heavy atom. The lowest BCUT2D eigenvalue weighted by Gasteiger charge is -1.85. The summed E-state index contributed by atoms with van der Waals surface area (Å²) in [7, 11) is 0. The van der Waals surface area contributed by atoms with E-state index < -0.39 is 15.8 Å². The molecule has 2 heterocycles. The van der Waals surface area contributed by atoms with Gasteiger partial charge >= 0.3 is 11.8 Å². The fourth-order valence-corrected chi connectivity index (χ4v) is 0.852. The molecule has 0 unspecified atom stereocenters. The summed E-state index contributed by atoms with van der Waals surface area (Å²) in [6.07, 6.45) is 1.71. The molecule has 82 valence electrons. The molecular formula is C4H2N8O4. The van der Waals surface area contributed by atoms with Gasteiger partial charge in [0.25, 0.3) is 0 Å². The molecule has 0 radical (unpaired) electrons. The van der Waals surface area contributed by atoms with Gasteiger partial charge in [0, 0.05) is 9.59 Å². The van der Waals surface area contributed by atoms with Crippen molar-refractivity contribution in [2.45, 2.75) is 0 Å². The second-order valence-electron chi connectivity index (χ2n) is 2.45. The van der Waals surface area contributed by atoms with Crippen LogP contribution in [0.3, 0.4) is 0 Å². The van der Waals surface area contributed by atoms with E-state index in [1.165, 1.54) is 0 Å². The Morgan fingerprint density at radius 2 is 2.00 bits per heavy atom. The van der Waals surface area contributed by atoms with Gasteiger partial charge in [0.15, 0.2) is 12.5 Å². The van der Waals surface area contributed by atoms with Gasteiger partial charge in [0.05, 0.1) is 10.1 Å². The van der Waals surface area contributed by atoms with Crippen molar-refractivity contribution in [3.05, 3.63) is 32.8 Å². The highest BCUT2D eigenvalue weighted by atomic mass is 16.7. The van der Waals surface area contributed by atoms with E-state index in [4.69, 9.17) is 0 Å². The Labute approximate surface area is 85.4 Å². The van der Waals surface area contributed by atoms with Gasteiger partial charge in [-0.1, -0.05) is 0 Å². The summed E-state index contributed by atoms with van der Waals surface area (Å²) in [5.41, 5.74) is 0. The van der Waals surface area contributed by atoms with Crippen molar-refractivity contribution in [1.29, 1.82) is 0 Å². The highest BCUT2D eigenvalue weighted by Gasteiger charge is 2.21. The number of nitro groups is 2. The van der Waals surface area contributed by atoms with Crippen LogP contribution in [0.1, 0.15) is 0 Å². The largest absolute Gasteiger partial charge is 0.429 e. The molecule has 12 heteroatoms. The van der Waals surface area contributed by atoms with Crippen molar-refractivity contribution in [3.8, 4) is 5.95 Å². The van der Waals surface area contributed by atoms with E-state index in [0.717, 1.165) is 17.3 Å². The third-order valence-corrected chi connectivity index (χ3v) is 1.48. The van der Waals surface area contributed by atoms with E-state index in [0.29, 0.717) is 4.79 Å². The first-order chi connectivity index (χ1) is 7.58. The zero-order valence-electron chi connectivity index (χ0n) is 7.37. The predicted molar refractivity (Wildman–Crippen MR) is 44.0 cm³/mol. The van der Waals surface area contributed by atoms with Crippen LogP contribution in [0.25, 0.3) is 5.95 Å². The van der Waals surface area contributed by atoms with Gasteiger partial charge in [0.2, 0.25) is 0 Å². The summed E-state index contributed by atoms with van der Waals surface area (Å²) in [5.74, 6) is -0.734. The Kier molecular flexibility index (Phi) is 2.01. The summed E-state index contributed by atoms with van der Waals surface area (Å²) in [6, 6.07) is 0. The molecule has 0 fully saturated rings. The molecule has 0 atom stereocenters. The Hall–Kier alpha value is -2.92. The molecule has 0 amide bonds. The average molecular weight is 226 g/mol. The molecule has 16 heavy (non-hydrogen) atoms. The molecule has 0 aromatic carbocycles. The first-order valence-electron chi connectivity index (χ1n) is 3.71. The number of hydrogen-bond acceptors (Lipinski definition) is 8. The van der Waals surface area contributed by atoms with Crippen LogP contribution in [0, 0.1) is 20.2 Å². The van der Waals surface area contributed by atoms with Gasteiger partial charge < -0.3 is 20.2 Å².